The number of carbonyl (C=O) groups excluding carboxylic acids is 3. The first-order valence-corrected chi connectivity index (χ1v) is 19.2. The molecule has 0 aromatic rings. The van der Waals surface area contributed by atoms with E-state index in [1.807, 2.05) is 0 Å². The van der Waals surface area contributed by atoms with Gasteiger partial charge in [-0.1, -0.05) is 168 Å². The Morgan fingerprint density at radius 3 is 1.33 bits per heavy atom. The number of ether oxygens (including phenoxy) is 3. The predicted molar refractivity (Wildman–Crippen MR) is 185 cm³/mol. The summed E-state index contributed by atoms with van der Waals surface area (Å²) in [4.78, 5) is 37.1. The lowest BCUT2D eigenvalue weighted by atomic mass is 9.99. The third-order valence-electron chi connectivity index (χ3n) is 9.14. The first-order chi connectivity index (χ1) is 22.0. The van der Waals surface area contributed by atoms with Crippen LogP contribution in [0, 0.1) is 5.92 Å². The van der Waals surface area contributed by atoms with E-state index in [2.05, 4.69) is 13.8 Å². The maximum absolute atomic E-state index is 12.6. The van der Waals surface area contributed by atoms with Gasteiger partial charge in [-0.25, -0.2) is 0 Å². The fourth-order valence-electron chi connectivity index (χ4n) is 6.16. The van der Waals surface area contributed by atoms with E-state index in [4.69, 9.17) is 14.2 Å². The highest BCUT2D eigenvalue weighted by Crippen LogP contribution is 2.28. The van der Waals surface area contributed by atoms with Gasteiger partial charge in [0.15, 0.2) is 11.9 Å². The fourth-order valence-corrected chi connectivity index (χ4v) is 6.16. The number of carbonyl (C=O) groups is 3. The summed E-state index contributed by atoms with van der Waals surface area (Å²) in [5.41, 5.74) is 0. The van der Waals surface area contributed by atoms with Crippen LogP contribution in [0.4, 0.5) is 0 Å². The van der Waals surface area contributed by atoms with E-state index in [1.54, 1.807) is 6.92 Å². The number of unbranched alkanes of at least 4 members (excludes halogenated alkanes) is 24. The highest BCUT2D eigenvalue weighted by Gasteiger charge is 2.37. The maximum Gasteiger partial charge on any atom is 0.311 e. The van der Waals surface area contributed by atoms with Crippen LogP contribution in [0.25, 0.3) is 0 Å². The standard InChI is InChI=1S/C39H70O6/c1-4-6-8-10-12-14-16-18-20-22-24-26-28-30-37(41)44-36-33-43-34(3)39(35(36)32-40)45-38(42)31-29-27-25-23-21-19-17-15-13-11-9-7-5-2/h32,35-36H,4-31,33H2,1-3H3. The summed E-state index contributed by atoms with van der Waals surface area (Å²) < 4.78 is 16.9. The van der Waals surface area contributed by atoms with Gasteiger partial charge in [0.2, 0.25) is 0 Å². The Hall–Kier alpha value is -1.85. The first-order valence-electron chi connectivity index (χ1n) is 19.2. The lowest BCUT2D eigenvalue weighted by Gasteiger charge is -2.30. The van der Waals surface area contributed by atoms with Gasteiger partial charge in [-0.2, -0.15) is 0 Å². The van der Waals surface area contributed by atoms with Crippen molar-refractivity contribution in [1.82, 2.24) is 0 Å². The van der Waals surface area contributed by atoms with Crippen molar-refractivity contribution in [2.45, 2.75) is 207 Å². The molecule has 0 bridgehead atoms. The summed E-state index contributed by atoms with van der Waals surface area (Å²) in [6, 6.07) is 0. The summed E-state index contributed by atoms with van der Waals surface area (Å²) in [6.45, 7) is 6.30. The van der Waals surface area contributed by atoms with Gasteiger partial charge < -0.3 is 19.0 Å². The van der Waals surface area contributed by atoms with E-state index < -0.39 is 12.0 Å². The second-order valence-electron chi connectivity index (χ2n) is 13.4. The Morgan fingerprint density at radius 1 is 0.600 bits per heavy atom. The van der Waals surface area contributed by atoms with E-state index >= 15 is 0 Å². The van der Waals surface area contributed by atoms with Crippen LogP contribution >= 0.6 is 0 Å². The molecule has 6 heteroatoms. The quantitative estimate of drug-likeness (QED) is 0.0429. The SMILES string of the molecule is CCCCCCCCCCCCCCCC(=O)OC1=C(C)OCC(OC(=O)CCCCCCCCCCCCCCC)C1C=O. The Balaban J connectivity index is 2.15. The molecular weight excluding hydrogens is 564 g/mol. The van der Waals surface area contributed by atoms with Crippen LogP contribution in [0.5, 0.6) is 0 Å². The second-order valence-corrected chi connectivity index (χ2v) is 13.4. The molecule has 0 aromatic carbocycles. The Kier molecular flexibility index (Phi) is 27.0. The number of esters is 2. The molecule has 0 N–H and O–H groups in total. The van der Waals surface area contributed by atoms with E-state index in [-0.39, 0.29) is 24.3 Å². The minimum Gasteiger partial charge on any atom is -0.491 e. The van der Waals surface area contributed by atoms with E-state index in [0.29, 0.717) is 24.9 Å². The third kappa shape index (κ3) is 22.3. The van der Waals surface area contributed by atoms with Crippen LogP contribution in [0.3, 0.4) is 0 Å². The van der Waals surface area contributed by atoms with Gasteiger partial charge in [0.25, 0.3) is 0 Å². The molecule has 1 rings (SSSR count). The first kappa shape index (κ1) is 41.2. The van der Waals surface area contributed by atoms with Crippen LogP contribution in [-0.2, 0) is 28.6 Å². The highest BCUT2D eigenvalue weighted by atomic mass is 16.6. The number of allylic oxidation sites excluding steroid dienone is 1. The molecule has 0 aliphatic carbocycles. The molecule has 2 atom stereocenters. The van der Waals surface area contributed by atoms with Crippen LogP contribution in [0.15, 0.2) is 11.5 Å². The summed E-state index contributed by atoms with van der Waals surface area (Å²) in [5, 5.41) is 0. The fraction of sp³-hybridized carbons (Fsp3) is 0.872. The zero-order chi connectivity index (χ0) is 32.8. The van der Waals surface area contributed by atoms with Gasteiger partial charge in [0.05, 0.1) is 0 Å². The molecule has 0 amide bonds. The molecule has 45 heavy (non-hydrogen) atoms. The molecule has 1 heterocycles. The van der Waals surface area contributed by atoms with Crippen molar-refractivity contribution in [3.8, 4) is 0 Å². The van der Waals surface area contributed by atoms with E-state index in [9.17, 15) is 14.4 Å². The van der Waals surface area contributed by atoms with Gasteiger partial charge in [0, 0.05) is 12.8 Å². The van der Waals surface area contributed by atoms with Gasteiger partial charge in [-0.05, 0) is 19.8 Å². The summed E-state index contributed by atoms with van der Waals surface area (Å²) in [7, 11) is 0. The second kappa shape index (κ2) is 29.5. The highest BCUT2D eigenvalue weighted by molar-refractivity contribution is 5.73. The molecule has 0 radical (unpaired) electrons. The van der Waals surface area contributed by atoms with Crippen molar-refractivity contribution in [3.05, 3.63) is 11.5 Å². The summed E-state index contributed by atoms with van der Waals surface area (Å²) in [6.07, 6.45) is 33.0. The van der Waals surface area contributed by atoms with Crippen LogP contribution in [0.1, 0.15) is 201 Å². The number of rotatable bonds is 31. The van der Waals surface area contributed by atoms with Gasteiger partial charge >= 0.3 is 11.9 Å². The summed E-state index contributed by atoms with van der Waals surface area (Å²) >= 11 is 0. The predicted octanol–water partition coefficient (Wildman–Crippen LogP) is 11.5. The lowest BCUT2D eigenvalue weighted by Crippen LogP contribution is -2.38. The van der Waals surface area contributed by atoms with Crippen molar-refractivity contribution < 1.29 is 28.6 Å². The zero-order valence-corrected chi connectivity index (χ0v) is 29.7. The Bertz CT molecular complexity index is 775. The molecule has 1 aliphatic heterocycles. The van der Waals surface area contributed by atoms with Gasteiger partial charge in [-0.15, -0.1) is 0 Å². The van der Waals surface area contributed by atoms with Gasteiger partial charge in [-0.3, -0.25) is 9.59 Å². The number of hydrogen-bond acceptors (Lipinski definition) is 6. The molecule has 0 saturated heterocycles. The Labute approximate surface area is 277 Å². The van der Waals surface area contributed by atoms with Crippen LogP contribution in [-0.4, -0.2) is 30.9 Å². The molecular formula is C39H70O6. The molecule has 6 nitrogen and oxygen atoms in total. The molecule has 0 saturated carbocycles. The topological polar surface area (TPSA) is 78.9 Å². The van der Waals surface area contributed by atoms with Crippen molar-refractivity contribution in [1.29, 1.82) is 0 Å². The molecule has 0 fully saturated rings. The van der Waals surface area contributed by atoms with Crippen LogP contribution in [0.2, 0.25) is 0 Å². The molecule has 2 unspecified atom stereocenters. The molecule has 0 spiro atoms. The summed E-state index contributed by atoms with van der Waals surface area (Å²) in [5.74, 6) is -0.896. The largest absolute Gasteiger partial charge is 0.491 e. The molecule has 1 aliphatic rings. The Morgan fingerprint density at radius 2 is 0.956 bits per heavy atom. The van der Waals surface area contributed by atoms with Crippen molar-refractivity contribution in [2.75, 3.05) is 6.61 Å². The van der Waals surface area contributed by atoms with E-state index in [1.165, 1.54) is 128 Å². The molecule has 262 valence electrons. The molecule has 0 aromatic heterocycles. The monoisotopic (exact) mass is 635 g/mol. The number of hydrogen-bond donors (Lipinski definition) is 0. The van der Waals surface area contributed by atoms with Crippen molar-refractivity contribution in [3.63, 3.8) is 0 Å². The van der Waals surface area contributed by atoms with Crippen molar-refractivity contribution >= 4 is 18.2 Å². The normalized spacial score (nSPS) is 16.4. The maximum atomic E-state index is 12.6. The minimum absolute atomic E-state index is 0.0967. The van der Waals surface area contributed by atoms with Crippen molar-refractivity contribution in [2.24, 2.45) is 5.92 Å². The van der Waals surface area contributed by atoms with Gasteiger partial charge in [0.1, 0.15) is 24.6 Å². The smallest absolute Gasteiger partial charge is 0.311 e. The van der Waals surface area contributed by atoms with Crippen LogP contribution < -0.4 is 0 Å². The lowest BCUT2D eigenvalue weighted by molar-refractivity contribution is -0.159. The average molecular weight is 635 g/mol. The zero-order valence-electron chi connectivity index (χ0n) is 29.7. The minimum atomic E-state index is -0.815. The average Bonchev–Trinajstić information content (AvgIpc) is 3.03. The van der Waals surface area contributed by atoms with E-state index in [0.717, 1.165) is 38.5 Å². The third-order valence-corrected chi connectivity index (χ3v) is 9.14. The number of aldehydes is 1.